The number of anilines is 1. The van der Waals surface area contributed by atoms with E-state index in [4.69, 9.17) is 9.15 Å². The van der Waals surface area contributed by atoms with Crippen LogP contribution in [0.1, 0.15) is 63.4 Å². The van der Waals surface area contributed by atoms with Crippen molar-refractivity contribution in [1.29, 1.82) is 0 Å². The number of aromatic nitrogens is 2. The Morgan fingerprint density at radius 3 is 2.33 bits per heavy atom. The fourth-order valence-corrected chi connectivity index (χ4v) is 10.3. The van der Waals surface area contributed by atoms with Crippen LogP contribution in [0.2, 0.25) is 0 Å². The van der Waals surface area contributed by atoms with Crippen LogP contribution in [0.5, 0.6) is 5.88 Å². The Morgan fingerprint density at radius 1 is 0.952 bits per heavy atom. The molecule has 0 bridgehead atoms. The number of nitrogens with zero attached hydrogens (tertiary/aromatic N) is 3. The number of hydrogen-bond acceptors (Lipinski definition) is 10. The number of alkyl halides is 3. The van der Waals surface area contributed by atoms with E-state index < -0.39 is 80.2 Å². The first-order valence-corrected chi connectivity index (χ1v) is 22.5. The molecule has 9 rings (SSSR count). The van der Waals surface area contributed by atoms with E-state index >= 15 is 4.79 Å². The Kier molecular flexibility index (Phi) is 10.9. The zero-order valence-electron chi connectivity index (χ0n) is 33.9. The van der Waals surface area contributed by atoms with Gasteiger partial charge in [-0.05, 0) is 86.6 Å². The first-order valence-electron chi connectivity index (χ1n) is 21.0. The van der Waals surface area contributed by atoms with Gasteiger partial charge in [-0.25, -0.2) is 17.8 Å². The van der Waals surface area contributed by atoms with E-state index in [1.807, 2.05) is 0 Å². The maximum Gasteiger partial charge on any atom is 0.416 e. The van der Waals surface area contributed by atoms with Crippen molar-refractivity contribution < 1.29 is 49.5 Å². The highest BCUT2D eigenvalue weighted by Crippen LogP contribution is 2.46. The molecule has 3 saturated carbocycles. The first-order chi connectivity index (χ1) is 30.1. The number of nitrogens with one attached hydrogen (secondary N) is 3. The predicted molar refractivity (Wildman–Crippen MR) is 224 cm³/mol. The molecular weight excluding hydrogens is 845 g/mol. The smallest absolute Gasteiger partial charge is 0.416 e. The molecule has 13 nitrogen and oxygen atoms in total. The van der Waals surface area contributed by atoms with Gasteiger partial charge < -0.3 is 24.7 Å². The van der Waals surface area contributed by atoms with Crippen molar-refractivity contribution in [3.8, 4) is 17.3 Å². The van der Waals surface area contributed by atoms with E-state index in [9.17, 15) is 35.6 Å². The molecule has 3 aliphatic carbocycles. The molecule has 2 aromatic heterocycles. The molecule has 18 heteroatoms. The van der Waals surface area contributed by atoms with Gasteiger partial charge in [0.05, 0.1) is 17.4 Å². The van der Waals surface area contributed by atoms with Crippen LogP contribution >= 0.6 is 0 Å². The number of amides is 3. The normalized spacial score (nSPS) is 23.3. The van der Waals surface area contributed by atoms with Crippen molar-refractivity contribution in [2.75, 3.05) is 11.9 Å². The monoisotopic (exact) mass is 888 g/mol. The van der Waals surface area contributed by atoms with Gasteiger partial charge in [0.2, 0.25) is 27.4 Å². The molecule has 4 aliphatic rings. The lowest BCUT2D eigenvalue weighted by atomic mass is 9.83. The van der Waals surface area contributed by atoms with Crippen LogP contribution < -0.4 is 20.1 Å². The van der Waals surface area contributed by atoms with Crippen molar-refractivity contribution in [1.82, 2.24) is 24.9 Å². The van der Waals surface area contributed by atoms with Gasteiger partial charge in [-0.3, -0.25) is 19.1 Å². The lowest BCUT2D eigenvalue weighted by Gasteiger charge is -2.35. The second-order valence-corrected chi connectivity index (χ2v) is 18.9. The Hall–Kier alpha value is -6.04. The summed E-state index contributed by atoms with van der Waals surface area (Å²) in [5, 5.41) is 6.01. The van der Waals surface area contributed by atoms with Crippen LogP contribution in [-0.4, -0.2) is 76.5 Å². The molecule has 3 aromatic carbocycles. The average Bonchev–Trinajstić information content (AvgIpc) is 4.18. The summed E-state index contributed by atoms with van der Waals surface area (Å²) in [4.78, 5) is 54.1. The standard InChI is InChI=1S/C45H44F4N6O7S/c1-2-27-23-44(27,43(58)54-63(59,60)32-20-21-32)53-40(56)34-22-31(24-55(34)42(57)36(25-8-4-3-5-9-25)50-30-18-16-29(46)17-19-30)61-41-38-37(33-10-6-7-11-35(33)62-38)51-39(52-41)26-12-14-28(15-13-26)45(47,48)49/h2,6-7,10-19,25,27,31-32,34,36,50H,1,3-5,8-9,20-24H2,(H,53,56)(H,54,58)/t27-,31-,34+,36+,44-/m1/s1. The van der Waals surface area contributed by atoms with Gasteiger partial charge in [-0.15, -0.1) is 6.58 Å². The fraction of sp³-hybridized carbons (Fsp3) is 0.400. The number of halogens is 4. The van der Waals surface area contributed by atoms with Gasteiger partial charge in [0.1, 0.15) is 40.6 Å². The van der Waals surface area contributed by atoms with Gasteiger partial charge in [-0.1, -0.05) is 49.6 Å². The number of rotatable bonds is 13. The maximum absolute atomic E-state index is 15.1. The summed E-state index contributed by atoms with van der Waals surface area (Å²) in [6.07, 6.45) is 0.968. The summed E-state index contributed by atoms with van der Waals surface area (Å²) in [5.41, 5.74) is -0.833. The van der Waals surface area contributed by atoms with Crippen molar-refractivity contribution in [2.45, 2.75) is 92.9 Å². The molecular formula is C45H44F4N6O7S. The Labute approximate surface area is 359 Å². The topological polar surface area (TPSA) is 173 Å². The highest BCUT2D eigenvalue weighted by Gasteiger charge is 2.62. The third kappa shape index (κ3) is 8.44. The number of furan rings is 1. The van der Waals surface area contributed by atoms with Gasteiger partial charge in [0.25, 0.3) is 11.8 Å². The Bertz CT molecular complexity index is 2700. The van der Waals surface area contributed by atoms with E-state index in [1.54, 1.807) is 24.3 Å². The molecule has 0 radical (unpaired) electrons. The van der Waals surface area contributed by atoms with E-state index in [0.29, 0.717) is 47.9 Å². The Morgan fingerprint density at radius 2 is 1.67 bits per heavy atom. The summed E-state index contributed by atoms with van der Waals surface area (Å²) in [7, 11) is -3.97. The zero-order valence-corrected chi connectivity index (χ0v) is 34.7. The van der Waals surface area contributed by atoms with Crippen molar-refractivity contribution >= 4 is 55.5 Å². The zero-order chi connectivity index (χ0) is 44.3. The van der Waals surface area contributed by atoms with Crippen LogP contribution in [0, 0.1) is 17.7 Å². The van der Waals surface area contributed by atoms with Crippen LogP contribution in [0.4, 0.5) is 23.2 Å². The summed E-state index contributed by atoms with van der Waals surface area (Å²) in [6, 6.07) is 14.9. The molecule has 5 aromatic rings. The summed E-state index contributed by atoms with van der Waals surface area (Å²) in [5.74, 6) is -3.28. The number of ether oxygens (including phenoxy) is 1. The number of para-hydroxylation sites is 1. The highest BCUT2D eigenvalue weighted by molar-refractivity contribution is 7.91. The van der Waals surface area contributed by atoms with E-state index in [1.165, 1.54) is 47.4 Å². The summed E-state index contributed by atoms with van der Waals surface area (Å²) >= 11 is 0. The van der Waals surface area contributed by atoms with E-state index in [-0.39, 0.29) is 48.2 Å². The number of sulfonamides is 1. The molecule has 0 spiro atoms. The molecule has 3 heterocycles. The van der Waals surface area contributed by atoms with Crippen molar-refractivity contribution in [2.24, 2.45) is 11.8 Å². The molecule has 4 fully saturated rings. The lowest BCUT2D eigenvalue weighted by Crippen LogP contribution is -2.58. The molecule has 5 atom stereocenters. The average molecular weight is 889 g/mol. The quantitative estimate of drug-likeness (QED) is 0.0806. The number of benzene rings is 3. The predicted octanol–water partition coefficient (Wildman–Crippen LogP) is 7.28. The summed E-state index contributed by atoms with van der Waals surface area (Å²) < 4.78 is 95.1. The maximum atomic E-state index is 15.1. The van der Waals surface area contributed by atoms with E-state index in [2.05, 4.69) is 31.9 Å². The number of fused-ring (bicyclic) bond motifs is 3. The van der Waals surface area contributed by atoms with Gasteiger partial charge in [-0.2, -0.15) is 18.2 Å². The van der Waals surface area contributed by atoms with Crippen LogP contribution in [0.25, 0.3) is 33.5 Å². The largest absolute Gasteiger partial charge is 0.470 e. The first kappa shape index (κ1) is 42.3. The van der Waals surface area contributed by atoms with Gasteiger partial charge >= 0.3 is 6.18 Å². The lowest BCUT2D eigenvalue weighted by molar-refractivity contribution is -0.141. The summed E-state index contributed by atoms with van der Waals surface area (Å²) in [6.45, 7) is 3.64. The third-order valence-corrected chi connectivity index (χ3v) is 14.4. The minimum absolute atomic E-state index is 0.0390. The second-order valence-electron chi connectivity index (χ2n) is 16.9. The highest BCUT2D eigenvalue weighted by atomic mass is 32.2. The number of carbonyl (C=O) groups excluding carboxylic acids is 3. The number of carbonyl (C=O) groups is 3. The van der Waals surface area contributed by atoms with Crippen LogP contribution in [-0.2, 0) is 30.6 Å². The van der Waals surface area contributed by atoms with Crippen molar-refractivity contribution in [3.05, 3.63) is 96.8 Å². The van der Waals surface area contributed by atoms with Crippen molar-refractivity contribution in [3.63, 3.8) is 0 Å². The van der Waals surface area contributed by atoms with Gasteiger partial charge in [0.15, 0.2) is 5.82 Å². The number of likely N-dealkylation sites (tertiary alicyclic amines) is 1. The SMILES string of the molecule is C=C[C@@H]1C[C@]1(NC(=O)[C@@H]1C[C@@H](Oc2nc(-c3ccc(C(F)(F)F)cc3)nc3c2oc2ccccc23)CN1C(=O)[C@@H](Nc1ccc(F)cc1)C1CCCCC1)C(=O)NS(=O)(=O)C1CC1. The molecule has 1 saturated heterocycles. The van der Waals surface area contributed by atoms with E-state index in [0.717, 1.165) is 31.4 Å². The molecule has 63 heavy (non-hydrogen) atoms. The fourth-order valence-electron chi connectivity index (χ4n) is 8.89. The Balaban J connectivity index is 1.07. The number of hydrogen-bond donors (Lipinski definition) is 3. The minimum Gasteiger partial charge on any atom is -0.470 e. The van der Waals surface area contributed by atoms with Crippen LogP contribution in [0.15, 0.2) is 89.9 Å². The minimum atomic E-state index is -4.57. The molecule has 0 unspecified atom stereocenters. The van der Waals surface area contributed by atoms with Crippen LogP contribution in [0.3, 0.4) is 0 Å². The molecule has 1 aliphatic heterocycles. The second kappa shape index (κ2) is 16.3. The van der Waals surface area contributed by atoms with Gasteiger partial charge in [0, 0.05) is 29.0 Å². The molecule has 3 N–H and O–H groups in total. The third-order valence-electron chi connectivity index (χ3n) is 12.6. The molecule has 3 amide bonds. The molecule has 330 valence electrons.